The first-order valence-electron chi connectivity index (χ1n) is 11.6. The molecule has 0 unspecified atom stereocenters. The molecule has 0 radical (unpaired) electrons. The van der Waals surface area contributed by atoms with E-state index in [4.69, 9.17) is 0 Å². The van der Waals surface area contributed by atoms with Gasteiger partial charge in [0.1, 0.15) is 5.75 Å². The Labute approximate surface area is 201 Å². The number of hydrogen-bond acceptors (Lipinski definition) is 5. The van der Waals surface area contributed by atoms with Crippen LogP contribution in [0.15, 0.2) is 41.3 Å². The van der Waals surface area contributed by atoms with Gasteiger partial charge in [0.15, 0.2) is 0 Å². The van der Waals surface area contributed by atoms with E-state index in [1.807, 2.05) is 0 Å². The highest BCUT2D eigenvalue weighted by atomic mass is 32.2. The summed E-state index contributed by atoms with van der Waals surface area (Å²) < 4.78 is 28.1. The Morgan fingerprint density at radius 1 is 1.00 bits per heavy atom. The lowest BCUT2D eigenvalue weighted by Crippen LogP contribution is -2.38. The number of nitrogens with zero attached hydrogens (tertiary/aromatic N) is 1. The summed E-state index contributed by atoms with van der Waals surface area (Å²) in [6.45, 7) is 7.35. The highest BCUT2D eigenvalue weighted by Crippen LogP contribution is 2.28. The van der Waals surface area contributed by atoms with Crippen molar-refractivity contribution in [1.29, 1.82) is 0 Å². The van der Waals surface area contributed by atoms with E-state index >= 15 is 0 Å². The summed E-state index contributed by atoms with van der Waals surface area (Å²) in [5.41, 5.74) is 2.06. The topological polar surface area (TPSA) is 116 Å². The molecule has 34 heavy (non-hydrogen) atoms. The summed E-state index contributed by atoms with van der Waals surface area (Å²) in [6, 6.07) is 9.23. The molecule has 2 aromatic rings. The molecule has 9 heteroatoms. The molecule has 1 saturated heterocycles. The van der Waals surface area contributed by atoms with Gasteiger partial charge in [0.05, 0.1) is 4.90 Å². The SMILES string of the molecule is Cc1cc(C(=O)NCCCNC(=O)c2cccc(O)c2)cc(S(=O)(=O)N2CCC(C)CC2)c1C. The van der Waals surface area contributed by atoms with Gasteiger partial charge < -0.3 is 15.7 Å². The number of nitrogens with one attached hydrogen (secondary N) is 2. The smallest absolute Gasteiger partial charge is 0.251 e. The standard InChI is InChI=1S/C25H33N3O5S/c1-17-8-12-28(13-9-17)34(32,33)23-16-21(14-18(2)19(23)3)25(31)27-11-5-10-26-24(30)20-6-4-7-22(29)15-20/h4,6-7,14-17,29H,5,8-13H2,1-3H3,(H,26,30)(H,27,31). The first-order chi connectivity index (χ1) is 16.1. The van der Waals surface area contributed by atoms with E-state index in [1.54, 1.807) is 32.0 Å². The molecule has 3 N–H and O–H groups in total. The highest BCUT2D eigenvalue weighted by Gasteiger charge is 2.30. The van der Waals surface area contributed by atoms with Crippen molar-refractivity contribution < 1.29 is 23.1 Å². The monoisotopic (exact) mass is 487 g/mol. The lowest BCUT2D eigenvalue weighted by atomic mass is 10.0. The first kappa shape index (κ1) is 25.7. The second kappa shape index (κ2) is 11.0. The molecule has 2 amide bonds. The molecule has 0 atom stereocenters. The van der Waals surface area contributed by atoms with Crippen LogP contribution in [0.3, 0.4) is 0 Å². The number of rotatable bonds is 8. The fraction of sp³-hybridized carbons (Fsp3) is 0.440. The minimum absolute atomic E-state index is 0.0181. The number of phenolic OH excluding ortho intramolecular Hbond substituents is 1. The van der Waals surface area contributed by atoms with E-state index in [1.165, 1.54) is 22.5 Å². The Hall–Kier alpha value is -2.91. The third kappa shape index (κ3) is 6.15. The van der Waals surface area contributed by atoms with Gasteiger partial charge in [-0.15, -0.1) is 0 Å². The maximum absolute atomic E-state index is 13.3. The van der Waals surface area contributed by atoms with Gasteiger partial charge in [-0.25, -0.2) is 8.42 Å². The molecule has 8 nitrogen and oxygen atoms in total. The number of sulfonamides is 1. The van der Waals surface area contributed by atoms with Gasteiger partial charge >= 0.3 is 0 Å². The molecule has 1 fully saturated rings. The molecular formula is C25H33N3O5S. The Morgan fingerprint density at radius 3 is 2.24 bits per heavy atom. The van der Waals surface area contributed by atoms with Crippen LogP contribution in [0.5, 0.6) is 5.75 Å². The van der Waals surface area contributed by atoms with Gasteiger partial charge in [0.25, 0.3) is 11.8 Å². The maximum Gasteiger partial charge on any atom is 0.251 e. The molecule has 184 valence electrons. The van der Waals surface area contributed by atoms with Crippen LogP contribution in [0.4, 0.5) is 0 Å². The van der Waals surface area contributed by atoms with Gasteiger partial charge in [0, 0.05) is 37.3 Å². The van der Waals surface area contributed by atoms with Crippen molar-refractivity contribution in [1.82, 2.24) is 14.9 Å². The molecular weight excluding hydrogens is 454 g/mol. The van der Waals surface area contributed by atoms with Crippen molar-refractivity contribution in [3.63, 3.8) is 0 Å². The van der Waals surface area contributed by atoms with E-state index in [2.05, 4.69) is 17.6 Å². The Morgan fingerprint density at radius 2 is 1.62 bits per heavy atom. The van der Waals surface area contributed by atoms with Crippen LogP contribution in [0.25, 0.3) is 0 Å². The molecule has 1 aliphatic heterocycles. The number of carbonyl (C=O) groups is 2. The van der Waals surface area contributed by atoms with Crippen molar-refractivity contribution in [3.8, 4) is 5.75 Å². The third-order valence-corrected chi connectivity index (χ3v) is 8.30. The van der Waals surface area contributed by atoms with Gasteiger partial charge in [0.2, 0.25) is 10.0 Å². The molecule has 3 rings (SSSR count). The summed E-state index contributed by atoms with van der Waals surface area (Å²) >= 11 is 0. The second-order valence-electron chi connectivity index (χ2n) is 8.92. The molecule has 0 spiro atoms. The van der Waals surface area contributed by atoms with Crippen LogP contribution >= 0.6 is 0 Å². The fourth-order valence-electron chi connectivity index (χ4n) is 3.93. The van der Waals surface area contributed by atoms with Crippen LogP contribution < -0.4 is 10.6 Å². The summed E-state index contributed by atoms with van der Waals surface area (Å²) in [4.78, 5) is 25.0. The molecule has 0 aliphatic carbocycles. The van der Waals surface area contributed by atoms with Gasteiger partial charge in [-0.05, 0) is 80.5 Å². The normalized spacial score (nSPS) is 15.1. The van der Waals surface area contributed by atoms with Crippen molar-refractivity contribution in [2.75, 3.05) is 26.2 Å². The van der Waals surface area contributed by atoms with E-state index in [-0.39, 0.29) is 22.5 Å². The Balaban J connectivity index is 1.58. The number of phenols is 1. The quantitative estimate of drug-likeness (QED) is 0.495. The van der Waals surface area contributed by atoms with Crippen LogP contribution in [-0.4, -0.2) is 55.8 Å². The largest absolute Gasteiger partial charge is 0.508 e. The number of hydrogen-bond donors (Lipinski definition) is 3. The Bertz CT molecular complexity index is 1160. The molecule has 2 aromatic carbocycles. The second-order valence-corrected chi connectivity index (χ2v) is 10.8. The van der Waals surface area contributed by atoms with Crippen LogP contribution in [0, 0.1) is 19.8 Å². The number of amides is 2. The minimum atomic E-state index is -3.67. The van der Waals surface area contributed by atoms with Crippen molar-refractivity contribution in [3.05, 3.63) is 58.7 Å². The fourth-order valence-corrected chi connectivity index (χ4v) is 5.73. The van der Waals surface area contributed by atoms with Crippen LogP contribution in [0.2, 0.25) is 0 Å². The number of carbonyl (C=O) groups excluding carboxylic acids is 2. The third-order valence-electron chi connectivity index (χ3n) is 6.28. The Kier molecular flexibility index (Phi) is 8.33. The van der Waals surface area contributed by atoms with Crippen molar-refractivity contribution >= 4 is 21.8 Å². The molecule has 0 aromatic heterocycles. The summed E-state index contributed by atoms with van der Waals surface area (Å²) in [7, 11) is -3.67. The molecule has 1 heterocycles. The zero-order valence-corrected chi connectivity index (χ0v) is 20.7. The minimum Gasteiger partial charge on any atom is -0.508 e. The van der Waals surface area contributed by atoms with Crippen molar-refractivity contribution in [2.45, 2.75) is 44.9 Å². The summed E-state index contributed by atoms with van der Waals surface area (Å²) in [5, 5.41) is 15.0. The van der Waals surface area contributed by atoms with E-state index in [0.717, 1.165) is 18.4 Å². The van der Waals surface area contributed by atoms with E-state index in [9.17, 15) is 23.1 Å². The van der Waals surface area contributed by atoms with Crippen LogP contribution in [0.1, 0.15) is 58.0 Å². The molecule has 1 aliphatic rings. The average Bonchev–Trinajstić information content (AvgIpc) is 2.80. The number of benzene rings is 2. The van der Waals surface area contributed by atoms with Crippen LogP contribution in [-0.2, 0) is 10.0 Å². The lowest BCUT2D eigenvalue weighted by molar-refractivity contribution is 0.0951. The first-order valence-corrected chi connectivity index (χ1v) is 13.0. The van der Waals surface area contributed by atoms with Gasteiger partial charge in [-0.2, -0.15) is 4.31 Å². The summed E-state index contributed by atoms with van der Waals surface area (Å²) in [5.74, 6) is -0.134. The van der Waals surface area contributed by atoms with Gasteiger partial charge in [-0.3, -0.25) is 9.59 Å². The van der Waals surface area contributed by atoms with Crippen molar-refractivity contribution in [2.24, 2.45) is 5.92 Å². The van der Waals surface area contributed by atoms with E-state index in [0.29, 0.717) is 55.2 Å². The zero-order valence-electron chi connectivity index (χ0n) is 19.9. The average molecular weight is 488 g/mol. The molecule has 0 saturated carbocycles. The zero-order chi connectivity index (χ0) is 24.9. The predicted octanol–water partition coefficient (Wildman–Crippen LogP) is 2.98. The predicted molar refractivity (Wildman–Crippen MR) is 130 cm³/mol. The molecule has 0 bridgehead atoms. The number of piperidine rings is 1. The lowest BCUT2D eigenvalue weighted by Gasteiger charge is -2.30. The number of aryl methyl sites for hydroxylation is 1. The highest BCUT2D eigenvalue weighted by molar-refractivity contribution is 7.89. The van der Waals surface area contributed by atoms with Gasteiger partial charge in [-0.1, -0.05) is 13.0 Å². The number of aromatic hydroxyl groups is 1. The maximum atomic E-state index is 13.3. The summed E-state index contributed by atoms with van der Waals surface area (Å²) in [6.07, 6.45) is 2.16. The van der Waals surface area contributed by atoms with E-state index < -0.39 is 10.0 Å².